The summed E-state index contributed by atoms with van der Waals surface area (Å²) in [7, 11) is -3.38. The second-order valence-electron chi connectivity index (χ2n) is 8.48. The lowest BCUT2D eigenvalue weighted by Gasteiger charge is -2.37. The first-order valence-corrected chi connectivity index (χ1v) is 12.2. The fourth-order valence-electron chi connectivity index (χ4n) is 3.70. The Balaban J connectivity index is 1.66. The van der Waals surface area contributed by atoms with Gasteiger partial charge in [-0.25, -0.2) is 12.8 Å². The highest BCUT2D eigenvalue weighted by atomic mass is 32.2. The van der Waals surface area contributed by atoms with E-state index in [-0.39, 0.29) is 18.0 Å². The number of morpholine rings is 1. The molecule has 1 saturated heterocycles. The van der Waals surface area contributed by atoms with Gasteiger partial charge < -0.3 is 15.0 Å². The molecule has 0 amide bonds. The quantitative estimate of drug-likeness (QED) is 0.651. The minimum absolute atomic E-state index is 0.108. The van der Waals surface area contributed by atoms with Crippen LogP contribution in [0.2, 0.25) is 0 Å². The predicted molar refractivity (Wildman–Crippen MR) is 125 cm³/mol. The maximum Gasteiger partial charge on any atom is 0.235 e. The number of nitrogens with zero attached hydrogens (tertiary/aromatic N) is 1. The molecule has 0 bridgehead atoms. The number of hydrogen-bond acceptors (Lipinski definition) is 5. The zero-order valence-corrected chi connectivity index (χ0v) is 19.6. The van der Waals surface area contributed by atoms with E-state index in [4.69, 9.17) is 4.74 Å². The molecule has 2 aromatic carbocycles. The van der Waals surface area contributed by atoms with Gasteiger partial charge in [0, 0.05) is 36.6 Å². The first kappa shape index (κ1) is 23.3. The monoisotopic (exact) mass is 449 g/mol. The van der Waals surface area contributed by atoms with Crippen molar-refractivity contribution < 1.29 is 17.5 Å². The Bertz CT molecular complexity index is 999. The molecule has 0 radical (unpaired) electrons. The lowest BCUT2D eigenvalue weighted by atomic mass is 10.1. The molecule has 3 rings (SSSR count). The molecule has 8 heteroatoms. The molecule has 1 aliphatic rings. The first-order valence-electron chi connectivity index (χ1n) is 10.6. The normalized spacial score (nSPS) is 19.5. The van der Waals surface area contributed by atoms with Crippen molar-refractivity contribution in [2.24, 2.45) is 0 Å². The van der Waals surface area contributed by atoms with Crippen LogP contribution in [-0.4, -0.2) is 39.0 Å². The molecule has 2 aromatic rings. The summed E-state index contributed by atoms with van der Waals surface area (Å²) in [6.45, 7) is 11.0. The average molecular weight is 450 g/mol. The summed E-state index contributed by atoms with van der Waals surface area (Å²) in [5.74, 6) is -0.259. The zero-order chi connectivity index (χ0) is 22.8. The fraction of sp³-hybridized carbons (Fsp3) is 0.478. The second-order valence-corrected chi connectivity index (χ2v) is 10.7. The third-order valence-electron chi connectivity index (χ3n) is 5.44. The summed E-state index contributed by atoms with van der Waals surface area (Å²) >= 11 is 0. The van der Waals surface area contributed by atoms with Gasteiger partial charge in [0.05, 0.1) is 23.1 Å². The van der Waals surface area contributed by atoms with Gasteiger partial charge in [0.1, 0.15) is 0 Å². The highest BCUT2D eigenvalue weighted by Gasteiger charge is 2.24. The van der Waals surface area contributed by atoms with E-state index in [1.807, 2.05) is 32.0 Å². The Morgan fingerprint density at radius 3 is 2.29 bits per heavy atom. The smallest absolute Gasteiger partial charge is 0.235 e. The summed E-state index contributed by atoms with van der Waals surface area (Å²) in [5.41, 5.74) is 3.39. The number of nitrogens with one attached hydrogen (secondary N) is 2. The van der Waals surface area contributed by atoms with Gasteiger partial charge in [0.15, 0.2) is 5.82 Å². The average Bonchev–Trinajstić information content (AvgIpc) is 2.69. The van der Waals surface area contributed by atoms with Crippen molar-refractivity contribution in [1.82, 2.24) is 0 Å². The van der Waals surface area contributed by atoms with Gasteiger partial charge in [0.2, 0.25) is 10.0 Å². The molecule has 1 fully saturated rings. The predicted octanol–water partition coefficient (Wildman–Crippen LogP) is 4.51. The summed E-state index contributed by atoms with van der Waals surface area (Å²) < 4.78 is 47.3. The van der Waals surface area contributed by atoms with Gasteiger partial charge in [-0.05, 0) is 64.4 Å². The van der Waals surface area contributed by atoms with Gasteiger partial charge in [-0.2, -0.15) is 0 Å². The minimum atomic E-state index is -3.38. The van der Waals surface area contributed by atoms with Crippen LogP contribution in [-0.2, 0) is 21.3 Å². The Morgan fingerprint density at radius 2 is 1.71 bits per heavy atom. The SMILES string of the molecule is Cc1c(N2C[C@@H](C)O[C@@H](C)C2)ccc(NCc2ccc(NS(=O)(=O)C(C)C)cc2)c1F. The number of halogens is 1. The molecule has 0 saturated carbocycles. The number of anilines is 3. The maximum atomic E-state index is 15.0. The molecule has 0 aromatic heterocycles. The lowest BCUT2D eigenvalue weighted by Crippen LogP contribution is -2.45. The molecule has 2 atom stereocenters. The third-order valence-corrected chi connectivity index (χ3v) is 7.20. The van der Waals surface area contributed by atoms with Crippen molar-refractivity contribution in [3.8, 4) is 0 Å². The minimum Gasteiger partial charge on any atom is -0.379 e. The molecular formula is C23H32FN3O3S. The van der Waals surface area contributed by atoms with E-state index in [1.165, 1.54) is 0 Å². The molecule has 2 N–H and O–H groups in total. The summed E-state index contributed by atoms with van der Waals surface area (Å²) in [6.07, 6.45) is 0.217. The summed E-state index contributed by atoms with van der Waals surface area (Å²) in [5, 5.41) is 2.64. The van der Waals surface area contributed by atoms with E-state index in [9.17, 15) is 8.42 Å². The van der Waals surface area contributed by atoms with E-state index in [0.29, 0.717) is 23.5 Å². The molecule has 0 spiro atoms. The van der Waals surface area contributed by atoms with Crippen LogP contribution in [0, 0.1) is 12.7 Å². The van der Waals surface area contributed by atoms with Gasteiger partial charge in [0.25, 0.3) is 0 Å². The Kier molecular flexibility index (Phi) is 7.11. The maximum absolute atomic E-state index is 15.0. The van der Waals surface area contributed by atoms with Crippen molar-refractivity contribution in [3.63, 3.8) is 0 Å². The van der Waals surface area contributed by atoms with E-state index in [2.05, 4.69) is 14.9 Å². The standard InChI is InChI=1S/C23H32FN3O3S/c1-15(2)31(28,29)26-20-8-6-19(7-9-20)12-25-21-10-11-22(18(5)23(21)24)27-13-16(3)30-17(4)14-27/h6-11,15-17,25-26H,12-14H2,1-5H3/t16-,17+. The zero-order valence-electron chi connectivity index (χ0n) is 18.8. The van der Waals surface area contributed by atoms with Crippen LogP contribution in [0.3, 0.4) is 0 Å². The number of ether oxygens (including phenoxy) is 1. The molecule has 1 aliphatic heterocycles. The summed E-state index contributed by atoms with van der Waals surface area (Å²) in [4.78, 5) is 2.18. The van der Waals surface area contributed by atoms with Crippen LogP contribution in [0.15, 0.2) is 36.4 Å². The fourth-order valence-corrected chi connectivity index (χ4v) is 4.40. The van der Waals surface area contributed by atoms with Crippen LogP contribution in [0.25, 0.3) is 0 Å². The van der Waals surface area contributed by atoms with Crippen molar-refractivity contribution in [1.29, 1.82) is 0 Å². The van der Waals surface area contributed by atoms with Gasteiger partial charge in [-0.3, -0.25) is 4.72 Å². The van der Waals surface area contributed by atoms with Crippen LogP contribution in [0.4, 0.5) is 21.5 Å². The van der Waals surface area contributed by atoms with E-state index in [1.54, 1.807) is 39.0 Å². The van der Waals surface area contributed by atoms with Crippen LogP contribution >= 0.6 is 0 Å². The number of benzene rings is 2. The number of sulfonamides is 1. The lowest BCUT2D eigenvalue weighted by molar-refractivity contribution is -0.00526. The summed E-state index contributed by atoms with van der Waals surface area (Å²) in [6, 6.07) is 10.8. The van der Waals surface area contributed by atoms with E-state index < -0.39 is 15.3 Å². The van der Waals surface area contributed by atoms with Gasteiger partial charge >= 0.3 is 0 Å². The molecule has 170 valence electrons. The highest BCUT2D eigenvalue weighted by molar-refractivity contribution is 7.93. The van der Waals surface area contributed by atoms with E-state index >= 15 is 4.39 Å². The molecule has 1 heterocycles. The Morgan fingerprint density at radius 1 is 1.10 bits per heavy atom. The van der Waals surface area contributed by atoms with Crippen LogP contribution in [0.5, 0.6) is 0 Å². The van der Waals surface area contributed by atoms with Crippen molar-refractivity contribution in [2.75, 3.05) is 28.0 Å². The van der Waals surface area contributed by atoms with Crippen molar-refractivity contribution in [3.05, 3.63) is 53.3 Å². The van der Waals surface area contributed by atoms with Crippen molar-refractivity contribution in [2.45, 2.75) is 58.6 Å². The number of rotatable bonds is 7. The molecule has 31 heavy (non-hydrogen) atoms. The Labute approximate surface area is 184 Å². The largest absolute Gasteiger partial charge is 0.379 e. The van der Waals surface area contributed by atoms with Gasteiger partial charge in [-0.1, -0.05) is 12.1 Å². The third kappa shape index (κ3) is 5.68. The first-order chi connectivity index (χ1) is 14.6. The van der Waals surface area contributed by atoms with Crippen molar-refractivity contribution >= 4 is 27.1 Å². The second kappa shape index (κ2) is 9.44. The topological polar surface area (TPSA) is 70.7 Å². The number of hydrogen-bond donors (Lipinski definition) is 2. The molecule has 6 nitrogen and oxygen atoms in total. The molecular weight excluding hydrogens is 417 g/mol. The van der Waals surface area contributed by atoms with Crippen LogP contribution < -0.4 is 14.9 Å². The van der Waals surface area contributed by atoms with E-state index in [0.717, 1.165) is 24.3 Å². The molecule has 0 aliphatic carbocycles. The molecule has 0 unspecified atom stereocenters. The van der Waals surface area contributed by atoms with Gasteiger partial charge in [-0.15, -0.1) is 0 Å². The Hall–Kier alpha value is -2.32. The highest BCUT2D eigenvalue weighted by Crippen LogP contribution is 2.30. The van der Waals surface area contributed by atoms with Crippen LogP contribution in [0.1, 0.15) is 38.8 Å².